The van der Waals surface area contributed by atoms with E-state index in [0.717, 1.165) is 24.3 Å². The number of carbonyl (C=O) groups is 1. The molecule has 242 valence electrons. The number of benzene rings is 3. The minimum absolute atomic E-state index is 0.0665. The maximum Gasteiger partial charge on any atom is 0.333 e. The summed E-state index contributed by atoms with van der Waals surface area (Å²) in [7, 11) is -3.79. The highest BCUT2D eigenvalue weighted by atomic mass is 35.5. The highest BCUT2D eigenvalue weighted by Crippen LogP contribution is 2.29. The van der Waals surface area contributed by atoms with Gasteiger partial charge in [0.2, 0.25) is 10.0 Å². The number of nitrogens with one attached hydrogen (secondary N) is 2. The number of anilines is 1. The first-order valence-corrected chi connectivity index (χ1v) is 17.3. The van der Waals surface area contributed by atoms with Crippen molar-refractivity contribution in [1.82, 2.24) is 24.1 Å². The van der Waals surface area contributed by atoms with Crippen LogP contribution in [0.3, 0.4) is 0 Å². The molecule has 46 heavy (non-hydrogen) atoms. The highest BCUT2D eigenvalue weighted by molar-refractivity contribution is 7.89. The van der Waals surface area contributed by atoms with Crippen LogP contribution >= 0.6 is 11.6 Å². The number of imidazole rings is 1. The fourth-order valence-corrected chi connectivity index (χ4v) is 7.08. The van der Waals surface area contributed by atoms with Crippen molar-refractivity contribution in [2.24, 2.45) is 0 Å². The Labute approximate surface area is 273 Å². The van der Waals surface area contributed by atoms with Crippen LogP contribution in [0.1, 0.15) is 16.9 Å². The van der Waals surface area contributed by atoms with Gasteiger partial charge in [0.1, 0.15) is 5.69 Å². The van der Waals surface area contributed by atoms with Gasteiger partial charge in [0, 0.05) is 68.6 Å². The molecule has 3 aromatic carbocycles. The van der Waals surface area contributed by atoms with E-state index in [1.165, 1.54) is 28.8 Å². The molecule has 2 saturated heterocycles. The molecule has 2 fully saturated rings. The van der Waals surface area contributed by atoms with E-state index in [9.17, 15) is 18.0 Å². The number of sulfonamides is 1. The average molecular weight is 665 g/mol. The minimum atomic E-state index is -3.79. The lowest BCUT2D eigenvalue weighted by Crippen LogP contribution is -2.47. The Balaban J connectivity index is 1.40. The third kappa shape index (κ3) is 6.91. The number of aromatic nitrogens is 2. The zero-order chi connectivity index (χ0) is 32.1. The summed E-state index contributed by atoms with van der Waals surface area (Å²) in [6, 6.07) is 23.2. The largest absolute Gasteiger partial charge is 0.378 e. The van der Waals surface area contributed by atoms with Gasteiger partial charge in [-0.2, -0.15) is 0 Å². The van der Waals surface area contributed by atoms with Gasteiger partial charge in [-0.05, 0) is 48.9 Å². The molecule has 11 nitrogen and oxygen atoms in total. The number of piperazine rings is 1. The van der Waals surface area contributed by atoms with E-state index >= 15 is 0 Å². The van der Waals surface area contributed by atoms with Crippen LogP contribution in [0.15, 0.2) is 88.6 Å². The van der Waals surface area contributed by atoms with Crippen LogP contribution in [-0.4, -0.2) is 87.4 Å². The minimum Gasteiger partial charge on any atom is -0.378 e. The lowest BCUT2D eigenvalue weighted by Gasteiger charge is -2.29. The molecular formula is C33H37ClN6O5S. The number of rotatable bonds is 10. The Morgan fingerprint density at radius 2 is 1.59 bits per heavy atom. The van der Waals surface area contributed by atoms with Gasteiger partial charge in [0.05, 0.1) is 29.5 Å². The molecule has 2 N–H and O–H groups in total. The lowest BCUT2D eigenvalue weighted by molar-refractivity contribution is 0.0725. The highest BCUT2D eigenvalue weighted by Gasteiger charge is 2.31. The topological polar surface area (TPSA) is 118 Å². The number of carbonyl (C=O) groups excluding carboxylic acids is 1. The second-order valence-corrected chi connectivity index (χ2v) is 13.4. The van der Waals surface area contributed by atoms with Gasteiger partial charge in [0.25, 0.3) is 5.91 Å². The molecular weight excluding hydrogens is 628 g/mol. The van der Waals surface area contributed by atoms with Gasteiger partial charge in [-0.3, -0.25) is 13.9 Å². The van der Waals surface area contributed by atoms with Crippen molar-refractivity contribution in [2.45, 2.75) is 17.9 Å². The summed E-state index contributed by atoms with van der Waals surface area (Å²) < 4.78 is 37.1. The predicted octanol–water partition coefficient (Wildman–Crippen LogP) is 3.21. The molecule has 3 heterocycles. The predicted molar refractivity (Wildman–Crippen MR) is 179 cm³/mol. The van der Waals surface area contributed by atoms with Crippen molar-refractivity contribution in [3.05, 3.63) is 100 Å². The second-order valence-electron chi connectivity index (χ2n) is 11.2. The molecule has 1 amide bonds. The molecule has 1 aromatic heterocycles. The van der Waals surface area contributed by atoms with E-state index < -0.39 is 10.0 Å². The van der Waals surface area contributed by atoms with Gasteiger partial charge >= 0.3 is 5.69 Å². The maximum atomic E-state index is 14.5. The van der Waals surface area contributed by atoms with Crippen molar-refractivity contribution in [1.29, 1.82) is 0 Å². The molecule has 6 rings (SSSR count). The van der Waals surface area contributed by atoms with Crippen LogP contribution in [0, 0.1) is 0 Å². The monoisotopic (exact) mass is 664 g/mol. The fourth-order valence-electron chi connectivity index (χ4n) is 5.88. The number of hydrogen-bond donors (Lipinski definition) is 2. The summed E-state index contributed by atoms with van der Waals surface area (Å²) in [5, 5.41) is 3.72. The first-order valence-electron chi connectivity index (χ1n) is 15.4. The smallest absolute Gasteiger partial charge is 0.333 e. The number of hydrogen-bond acceptors (Lipinski definition) is 7. The lowest BCUT2D eigenvalue weighted by atomic mass is 10.1. The van der Waals surface area contributed by atoms with E-state index in [2.05, 4.69) is 14.9 Å². The molecule has 0 atom stereocenters. The van der Waals surface area contributed by atoms with E-state index in [1.807, 2.05) is 54.6 Å². The Bertz CT molecular complexity index is 1830. The van der Waals surface area contributed by atoms with Gasteiger partial charge in [-0.25, -0.2) is 17.9 Å². The van der Waals surface area contributed by atoms with Crippen molar-refractivity contribution >= 4 is 33.2 Å². The molecule has 0 radical (unpaired) electrons. The van der Waals surface area contributed by atoms with Gasteiger partial charge in [-0.1, -0.05) is 48.0 Å². The molecule has 4 aromatic rings. The summed E-state index contributed by atoms with van der Waals surface area (Å²) in [4.78, 5) is 32.9. The number of morpholine rings is 1. The van der Waals surface area contributed by atoms with Gasteiger partial charge < -0.3 is 19.9 Å². The zero-order valence-corrected chi connectivity index (χ0v) is 27.0. The molecule has 13 heteroatoms. The number of halogens is 1. The molecule has 0 bridgehead atoms. The Kier molecular flexibility index (Phi) is 9.90. The Hall–Kier alpha value is -3.94. The van der Waals surface area contributed by atoms with Crippen molar-refractivity contribution in [3.63, 3.8) is 0 Å². The maximum absolute atomic E-state index is 14.5. The summed E-state index contributed by atoms with van der Waals surface area (Å²) in [6.45, 7) is 5.27. The third-order valence-electron chi connectivity index (χ3n) is 8.23. The van der Waals surface area contributed by atoms with Crippen LogP contribution in [-0.2, 0) is 21.3 Å². The van der Waals surface area contributed by atoms with Crippen LogP contribution < -0.4 is 20.6 Å². The van der Waals surface area contributed by atoms with Crippen LogP contribution in [0.25, 0.3) is 16.9 Å². The summed E-state index contributed by atoms with van der Waals surface area (Å²) in [5.74, 6) is -0.234. The van der Waals surface area contributed by atoms with Crippen molar-refractivity contribution in [2.75, 3.05) is 63.9 Å². The van der Waals surface area contributed by atoms with Crippen molar-refractivity contribution < 1.29 is 17.9 Å². The van der Waals surface area contributed by atoms with Crippen LogP contribution in [0.5, 0.6) is 0 Å². The third-order valence-corrected chi connectivity index (χ3v) is 9.96. The molecule has 2 aliphatic rings. The summed E-state index contributed by atoms with van der Waals surface area (Å²) >= 11 is 5.93. The second kappa shape index (κ2) is 14.2. The average Bonchev–Trinajstić information content (AvgIpc) is 3.39. The zero-order valence-electron chi connectivity index (χ0n) is 25.4. The molecule has 0 saturated carbocycles. The normalized spacial score (nSPS) is 15.7. The Morgan fingerprint density at radius 1 is 0.891 bits per heavy atom. The van der Waals surface area contributed by atoms with Crippen LogP contribution in [0.2, 0.25) is 5.02 Å². The first kappa shape index (κ1) is 32.0. The molecule has 0 aliphatic carbocycles. The molecule has 0 unspecified atom stereocenters. The number of ether oxygens (including phenoxy) is 1. The van der Waals surface area contributed by atoms with Crippen molar-refractivity contribution in [3.8, 4) is 16.9 Å². The standard InChI is InChI=1S/C33H37ClN6O5S/c34-26-10-12-29(13-11-26)46(43,44)36-14-5-17-39-31(32(41)38-18-15-35-16-19-38)30(25-6-2-1-3-7-25)40(33(39)42)28-9-4-8-27(24-28)37-20-22-45-23-21-37/h1-4,6-13,24,35-36H,5,14-23H2. The fraction of sp³-hybridized carbons (Fsp3) is 0.333. The van der Waals surface area contributed by atoms with E-state index in [-0.39, 0.29) is 41.7 Å². The van der Waals surface area contributed by atoms with Crippen LogP contribution in [0.4, 0.5) is 5.69 Å². The Morgan fingerprint density at radius 3 is 2.30 bits per heavy atom. The number of nitrogens with zero attached hydrogens (tertiary/aromatic N) is 4. The van der Waals surface area contributed by atoms with E-state index in [0.29, 0.717) is 55.8 Å². The SMILES string of the molecule is O=C(c1c(-c2ccccc2)n(-c2cccc(N3CCOCC3)c2)c(=O)n1CCCNS(=O)(=O)c1ccc(Cl)cc1)N1CCNCC1. The van der Waals surface area contributed by atoms with Gasteiger partial charge in [0.15, 0.2) is 0 Å². The van der Waals surface area contributed by atoms with E-state index in [1.54, 1.807) is 9.47 Å². The molecule has 2 aliphatic heterocycles. The van der Waals surface area contributed by atoms with E-state index in [4.69, 9.17) is 16.3 Å². The summed E-state index contributed by atoms with van der Waals surface area (Å²) in [5.41, 5.74) is 2.77. The van der Waals surface area contributed by atoms with Gasteiger partial charge in [-0.15, -0.1) is 0 Å². The molecule has 0 spiro atoms. The summed E-state index contributed by atoms with van der Waals surface area (Å²) in [6.07, 6.45) is 0.278. The first-order chi connectivity index (χ1) is 22.3. The quantitative estimate of drug-likeness (QED) is 0.250. The number of amides is 1.